The van der Waals surface area contributed by atoms with Gasteiger partial charge in [-0.3, -0.25) is 9.69 Å². The number of hydrogen-bond acceptors (Lipinski definition) is 3. The van der Waals surface area contributed by atoms with Crippen LogP contribution in [0.4, 0.5) is 0 Å². The Morgan fingerprint density at radius 3 is 2.33 bits per heavy atom. The summed E-state index contributed by atoms with van der Waals surface area (Å²) in [5.41, 5.74) is 0. The summed E-state index contributed by atoms with van der Waals surface area (Å²) in [6, 6.07) is 0.932. The van der Waals surface area contributed by atoms with Gasteiger partial charge in [-0.1, -0.05) is 0 Å². The second-order valence-corrected chi connectivity index (χ2v) is 5.80. The van der Waals surface area contributed by atoms with Gasteiger partial charge in [0.2, 0.25) is 5.91 Å². The number of amides is 1. The maximum atomic E-state index is 12.1. The second-order valence-electron chi connectivity index (χ2n) is 5.80. The van der Waals surface area contributed by atoms with Gasteiger partial charge in [0.25, 0.3) is 0 Å². The highest BCUT2D eigenvalue weighted by Crippen LogP contribution is 2.32. The summed E-state index contributed by atoms with van der Waals surface area (Å²) in [4.78, 5) is 16.7. The van der Waals surface area contributed by atoms with Crippen molar-refractivity contribution in [3.63, 3.8) is 0 Å². The first-order chi connectivity index (χ1) is 8.63. The third-order valence-electron chi connectivity index (χ3n) is 4.10. The first-order valence-corrected chi connectivity index (χ1v) is 7.17. The van der Waals surface area contributed by atoms with Crippen molar-refractivity contribution in [2.24, 2.45) is 5.92 Å². The summed E-state index contributed by atoms with van der Waals surface area (Å²) in [6.07, 6.45) is 3.28. The predicted octanol–water partition coefficient (Wildman–Crippen LogP) is 1.35. The van der Waals surface area contributed by atoms with E-state index >= 15 is 0 Å². The average molecular weight is 254 g/mol. The zero-order valence-corrected chi connectivity index (χ0v) is 11.9. The molecular formula is C14H26N2O2. The molecular weight excluding hydrogens is 228 g/mol. The van der Waals surface area contributed by atoms with Crippen molar-refractivity contribution in [1.29, 1.82) is 0 Å². The van der Waals surface area contributed by atoms with E-state index in [0.717, 1.165) is 45.5 Å². The maximum Gasteiger partial charge on any atom is 0.225 e. The number of nitrogens with zero attached hydrogens (tertiary/aromatic N) is 2. The van der Waals surface area contributed by atoms with Gasteiger partial charge < -0.3 is 9.64 Å². The first kappa shape index (κ1) is 13.8. The number of ether oxygens (including phenoxy) is 1. The zero-order chi connectivity index (χ0) is 13.1. The Hall–Kier alpha value is -0.610. The van der Waals surface area contributed by atoms with E-state index in [1.165, 1.54) is 0 Å². The van der Waals surface area contributed by atoms with E-state index in [-0.39, 0.29) is 0 Å². The fourth-order valence-corrected chi connectivity index (χ4v) is 2.96. The lowest BCUT2D eigenvalue weighted by Gasteiger charge is -2.44. The van der Waals surface area contributed by atoms with Crippen molar-refractivity contribution in [1.82, 2.24) is 9.80 Å². The van der Waals surface area contributed by atoms with Crippen LogP contribution in [0.2, 0.25) is 0 Å². The molecule has 1 heterocycles. The summed E-state index contributed by atoms with van der Waals surface area (Å²) in [7, 11) is 1.75. The maximum absolute atomic E-state index is 12.1. The molecule has 1 amide bonds. The van der Waals surface area contributed by atoms with Crippen molar-refractivity contribution in [3.05, 3.63) is 0 Å². The Labute approximate surface area is 110 Å². The molecule has 0 radical (unpaired) electrons. The molecule has 0 aromatic rings. The number of carbonyl (C=O) groups is 1. The lowest BCUT2D eigenvalue weighted by Crippen LogP contribution is -2.58. The SMILES string of the molecule is COCCCN1C(C)CN(C(=O)C2CC2)CC1C. The van der Waals surface area contributed by atoms with Crippen LogP contribution < -0.4 is 0 Å². The molecule has 1 saturated heterocycles. The topological polar surface area (TPSA) is 32.8 Å². The highest BCUT2D eigenvalue weighted by Gasteiger charge is 2.38. The number of rotatable bonds is 5. The molecule has 0 spiro atoms. The normalized spacial score (nSPS) is 29.6. The van der Waals surface area contributed by atoms with Gasteiger partial charge in [0.15, 0.2) is 0 Å². The van der Waals surface area contributed by atoms with Crippen LogP contribution in [0.5, 0.6) is 0 Å². The fourth-order valence-electron chi connectivity index (χ4n) is 2.96. The van der Waals surface area contributed by atoms with Crippen LogP contribution in [0.3, 0.4) is 0 Å². The quantitative estimate of drug-likeness (QED) is 0.694. The van der Waals surface area contributed by atoms with E-state index in [4.69, 9.17) is 4.74 Å². The minimum Gasteiger partial charge on any atom is -0.385 e. The van der Waals surface area contributed by atoms with E-state index in [1.54, 1.807) is 7.11 Å². The molecule has 4 heteroatoms. The lowest BCUT2D eigenvalue weighted by atomic mass is 10.1. The molecule has 0 bridgehead atoms. The molecule has 2 unspecified atom stereocenters. The summed E-state index contributed by atoms with van der Waals surface area (Å²) < 4.78 is 5.11. The van der Waals surface area contributed by atoms with E-state index in [9.17, 15) is 4.79 Å². The van der Waals surface area contributed by atoms with E-state index in [2.05, 4.69) is 23.6 Å². The smallest absolute Gasteiger partial charge is 0.225 e. The Morgan fingerprint density at radius 1 is 1.22 bits per heavy atom. The number of methoxy groups -OCH3 is 1. The van der Waals surface area contributed by atoms with Crippen molar-refractivity contribution in [2.45, 2.75) is 45.2 Å². The van der Waals surface area contributed by atoms with E-state index in [1.807, 2.05) is 0 Å². The van der Waals surface area contributed by atoms with E-state index in [0.29, 0.717) is 23.9 Å². The minimum atomic E-state index is 0.351. The summed E-state index contributed by atoms with van der Waals surface area (Å²) in [5, 5.41) is 0. The third kappa shape index (κ3) is 3.23. The molecule has 2 fully saturated rings. The van der Waals surface area contributed by atoms with Crippen LogP contribution in [0.1, 0.15) is 33.1 Å². The van der Waals surface area contributed by atoms with Gasteiger partial charge in [-0.05, 0) is 33.1 Å². The molecule has 18 heavy (non-hydrogen) atoms. The van der Waals surface area contributed by atoms with Crippen molar-refractivity contribution < 1.29 is 9.53 Å². The van der Waals surface area contributed by atoms with Crippen LogP contribution in [0, 0.1) is 5.92 Å². The molecule has 104 valence electrons. The van der Waals surface area contributed by atoms with Crippen LogP contribution in [0.25, 0.3) is 0 Å². The molecule has 0 aromatic carbocycles. The highest BCUT2D eigenvalue weighted by atomic mass is 16.5. The number of piperazine rings is 1. The van der Waals surface area contributed by atoms with Crippen molar-refractivity contribution in [2.75, 3.05) is 33.4 Å². The molecule has 0 N–H and O–H groups in total. The number of hydrogen-bond donors (Lipinski definition) is 0. The van der Waals surface area contributed by atoms with Crippen LogP contribution in [-0.4, -0.2) is 61.1 Å². The van der Waals surface area contributed by atoms with Gasteiger partial charge in [-0.2, -0.15) is 0 Å². The van der Waals surface area contributed by atoms with Gasteiger partial charge in [0, 0.05) is 51.4 Å². The van der Waals surface area contributed by atoms with Crippen LogP contribution in [0.15, 0.2) is 0 Å². The highest BCUT2D eigenvalue weighted by molar-refractivity contribution is 5.81. The Bertz CT molecular complexity index is 280. The Balaban J connectivity index is 1.84. The largest absolute Gasteiger partial charge is 0.385 e. The Kier molecular flexibility index (Phi) is 4.62. The van der Waals surface area contributed by atoms with Crippen LogP contribution in [-0.2, 0) is 9.53 Å². The molecule has 0 aromatic heterocycles. The molecule has 1 aliphatic heterocycles. The molecule has 2 rings (SSSR count). The van der Waals surface area contributed by atoms with Gasteiger partial charge in [0.05, 0.1) is 0 Å². The first-order valence-electron chi connectivity index (χ1n) is 7.17. The predicted molar refractivity (Wildman–Crippen MR) is 71.4 cm³/mol. The third-order valence-corrected chi connectivity index (χ3v) is 4.10. The van der Waals surface area contributed by atoms with Gasteiger partial charge in [-0.15, -0.1) is 0 Å². The zero-order valence-electron chi connectivity index (χ0n) is 11.9. The second kappa shape index (κ2) is 6.02. The number of carbonyl (C=O) groups excluding carboxylic acids is 1. The average Bonchev–Trinajstić information content (AvgIpc) is 3.15. The van der Waals surface area contributed by atoms with E-state index < -0.39 is 0 Å². The molecule has 1 saturated carbocycles. The summed E-state index contributed by atoms with van der Waals surface area (Å²) >= 11 is 0. The molecule has 1 aliphatic carbocycles. The monoisotopic (exact) mass is 254 g/mol. The molecule has 2 atom stereocenters. The van der Waals surface area contributed by atoms with Gasteiger partial charge in [0.1, 0.15) is 0 Å². The van der Waals surface area contributed by atoms with Crippen LogP contribution >= 0.6 is 0 Å². The van der Waals surface area contributed by atoms with Gasteiger partial charge >= 0.3 is 0 Å². The van der Waals surface area contributed by atoms with Crippen molar-refractivity contribution >= 4 is 5.91 Å². The summed E-state index contributed by atoms with van der Waals surface area (Å²) in [6.45, 7) is 8.15. The molecule has 4 nitrogen and oxygen atoms in total. The fraction of sp³-hybridized carbons (Fsp3) is 0.929. The summed E-state index contributed by atoms with van der Waals surface area (Å²) in [5.74, 6) is 0.745. The lowest BCUT2D eigenvalue weighted by molar-refractivity contribution is -0.137. The standard InChI is InChI=1S/C14H26N2O2/c1-11-9-15(14(17)13-5-6-13)10-12(2)16(11)7-4-8-18-3/h11-13H,4-10H2,1-3H3. The van der Waals surface area contributed by atoms with Crippen molar-refractivity contribution in [3.8, 4) is 0 Å². The molecule has 2 aliphatic rings. The Morgan fingerprint density at radius 2 is 1.83 bits per heavy atom. The minimum absolute atomic E-state index is 0.351. The van der Waals surface area contributed by atoms with Gasteiger partial charge in [-0.25, -0.2) is 0 Å².